The second kappa shape index (κ2) is 6.44. The highest BCUT2D eigenvalue weighted by molar-refractivity contribution is 6.10. The Morgan fingerprint density at radius 1 is 1.28 bits per heavy atom. The quantitative estimate of drug-likeness (QED) is 0.814. The van der Waals surface area contributed by atoms with Crippen LogP contribution in [0.2, 0.25) is 0 Å². The van der Waals surface area contributed by atoms with Crippen molar-refractivity contribution in [2.24, 2.45) is 0 Å². The van der Waals surface area contributed by atoms with E-state index < -0.39 is 0 Å². The standard InChI is InChI=1S/C19H24N2O4/c1-13-18(15-11-14(23-2)3-4-16(15)20-13)17(22)12-21-7-5-19(6-8-21)24-9-10-25-19/h3-4,11,20H,5-10,12H2,1-2H3/p+1. The first-order chi connectivity index (χ1) is 12.1. The molecule has 2 aliphatic heterocycles. The normalized spacial score (nSPS) is 20.4. The van der Waals surface area contributed by atoms with Gasteiger partial charge in [0.2, 0.25) is 5.78 Å². The van der Waals surface area contributed by atoms with E-state index in [4.69, 9.17) is 14.2 Å². The van der Waals surface area contributed by atoms with Crippen LogP contribution in [-0.4, -0.2) is 56.5 Å². The topological polar surface area (TPSA) is 65.0 Å². The predicted octanol–water partition coefficient (Wildman–Crippen LogP) is 1.09. The number of methoxy groups -OCH3 is 1. The third kappa shape index (κ3) is 3.05. The number of ketones is 1. The number of carbonyl (C=O) groups excluding carboxylic acids is 1. The van der Waals surface area contributed by atoms with Crippen LogP contribution in [0.15, 0.2) is 18.2 Å². The van der Waals surface area contributed by atoms with E-state index in [1.54, 1.807) is 7.11 Å². The zero-order chi connectivity index (χ0) is 17.4. The number of benzene rings is 1. The van der Waals surface area contributed by atoms with Gasteiger partial charge in [-0.3, -0.25) is 4.79 Å². The molecular formula is C19H25N2O4+. The maximum atomic E-state index is 13.0. The highest BCUT2D eigenvalue weighted by atomic mass is 16.7. The zero-order valence-electron chi connectivity index (χ0n) is 14.8. The lowest BCUT2D eigenvalue weighted by Crippen LogP contribution is -3.14. The number of fused-ring (bicyclic) bond motifs is 1. The first-order valence-electron chi connectivity index (χ1n) is 8.91. The highest BCUT2D eigenvalue weighted by Gasteiger charge is 2.42. The lowest BCUT2D eigenvalue weighted by atomic mass is 10.0. The highest BCUT2D eigenvalue weighted by Crippen LogP contribution is 2.28. The van der Waals surface area contributed by atoms with E-state index in [9.17, 15) is 4.79 Å². The average molecular weight is 345 g/mol. The van der Waals surface area contributed by atoms with Crippen LogP contribution in [0.1, 0.15) is 28.9 Å². The molecular weight excluding hydrogens is 320 g/mol. The van der Waals surface area contributed by atoms with Gasteiger partial charge in [0.15, 0.2) is 5.79 Å². The summed E-state index contributed by atoms with van der Waals surface area (Å²) in [5.74, 6) is 0.566. The van der Waals surface area contributed by atoms with Crippen molar-refractivity contribution >= 4 is 16.7 Å². The molecule has 2 aromatic rings. The Balaban J connectivity index is 1.50. The first-order valence-corrected chi connectivity index (χ1v) is 8.91. The molecule has 1 spiro atoms. The first kappa shape index (κ1) is 16.6. The molecule has 0 amide bonds. The van der Waals surface area contributed by atoms with Gasteiger partial charge in [0.25, 0.3) is 0 Å². The molecule has 2 aliphatic rings. The molecule has 2 saturated heterocycles. The molecule has 0 radical (unpaired) electrons. The maximum absolute atomic E-state index is 13.0. The van der Waals surface area contributed by atoms with Crippen LogP contribution >= 0.6 is 0 Å². The summed E-state index contributed by atoms with van der Waals surface area (Å²) in [5, 5.41) is 0.942. The second-order valence-electron chi connectivity index (χ2n) is 6.99. The molecule has 134 valence electrons. The van der Waals surface area contributed by atoms with Crippen LogP contribution in [0.25, 0.3) is 10.9 Å². The van der Waals surface area contributed by atoms with E-state index >= 15 is 0 Å². The van der Waals surface area contributed by atoms with Crippen molar-refractivity contribution in [2.75, 3.05) is 40.0 Å². The fraction of sp³-hybridized carbons (Fsp3) is 0.526. The van der Waals surface area contributed by atoms with E-state index in [0.29, 0.717) is 19.8 Å². The molecule has 0 unspecified atom stereocenters. The lowest BCUT2D eigenvalue weighted by Gasteiger charge is -2.34. The summed E-state index contributed by atoms with van der Waals surface area (Å²) in [6, 6.07) is 5.81. The van der Waals surface area contributed by atoms with Crippen molar-refractivity contribution < 1.29 is 23.9 Å². The Labute approximate surface area is 147 Å². The third-order valence-corrected chi connectivity index (χ3v) is 5.42. The number of hydrogen-bond acceptors (Lipinski definition) is 4. The number of H-pyrrole nitrogens is 1. The van der Waals surface area contributed by atoms with Gasteiger partial charge in [0.1, 0.15) is 12.3 Å². The largest absolute Gasteiger partial charge is 0.497 e. The number of aromatic nitrogens is 1. The Kier molecular flexibility index (Phi) is 4.27. The number of hydrogen-bond donors (Lipinski definition) is 2. The molecule has 0 aliphatic carbocycles. The zero-order valence-corrected chi connectivity index (χ0v) is 14.8. The van der Waals surface area contributed by atoms with E-state index in [2.05, 4.69) is 4.98 Å². The number of ether oxygens (including phenoxy) is 3. The molecule has 0 saturated carbocycles. The molecule has 4 rings (SSSR count). The van der Waals surface area contributed by atoms with Crippen LogP contribution in [0.5, 0.6) is 5.75 Å². The van der Waals surface area contributed by atoms with Crippen molar-refractivity contribution in [3.8, 4) is 5.75 Å². The van der Waals surface area contributed by atoms with Gasteiger partial charge in [-0.15, -0.1) is 0 Å². The number of quaternary nitrogens is 1. The van der Waals surface area contributed by atoms with Crippen LogP contribution in [0, 0.1) is 6.92 Å². The Morgan fingerprint density at radius 3 is 2.68 bits per heavy atom. The summed E-state index contributed by atoms with van der Waals surface area (Å²) in [4.78, 5) is 17.6. The van der Waals surface area contributed by atoms with Gasteiger partial charge in [-0.25, -0.2) is 0 Å². The molecule has 1 aromatic carbocycles. The summed E-state index contributed by atoms with van der Waals surface area (Å²) in [6.07, 6.45) is 1.71. The number of Topliss-reactive ketones (excluding diaryl/α,β-unsaturated/α-hetero) is 1. The van der Waals surface area contributed by atoms with Crippen molar-refractivity contribution in [3.05, 3.63) is 29.5 Å². The molecule has 6 nitrogen and oxygen atoms in total. The van der Waals surface area contributed by atoms with Gasteiger partial charge in [0.05, 0.1) is 51.8 Å². The Hall–Kier alpha value is -1.89. The fourth-order valence-corrected chi connectivity index (χ4v) is 4.05. The van der Waals surface area contributed by atoms with Crippen LogP contribution in [0.4, 0.5) is 0 Å². The summed E-state index contributed by atoms with van der Waals surface area (Å²) < 4.78 is 16.9. The van der Waals surface area contributed by atoms with E-state index in [-0.39, 0.29) is 11.6 Å². The van der Waals surface area contributed by atoms with Crippen molar-refractivity contribution in [2.45, 2.75) is 25.6 Å². The summed E-state index contributed by atoms with van der Waals surface area (Å²) in [7, 11) is 1.64. The molecule has 0 atom stereocenters. The fourth-order valence-electron chi connectivity index (χ4n) is 4.05. The summed E-state index contributed by atoms with van der Waals surface area (Å²) in [5.41, 5.74) is 2.68. The Morgan fingerprint density at radius 2 is 2.00 bits per heavy atom. The van der Waals surface area contributed by atoms with Crippen LogP contribution in [-0.2, 0) is 9.47 Å². The summed E-state index contributed by atoms with van der Waals surface area (Å²) in [6.45, 7) is 5.63. The molecule has 6 heteroatoms. The molecule has 3 heterocycles. The summed E-state index contributed by atoms with van der Waals surface area (Å²) >= 11 is 0. The molecule has 2 fully saturated rings. The van der Waals surface area contributed by atoms with Crippen molar-refractivity contribution in [1.29, 1.82) is 0 Å². The van der Waals surface area contributed by atoms with Gasteiger partial charge in [-0.1, -0.05) is 0 Å². The molecule has 0 bridgehead atoms. The van der Waals surface area contributed by atoms with Crippen molar-refractivity contribution in [1.82, 2.24) is 4.98 Å². The van der Waals surface area contributed by atoms with Gasteiger partial charge in [0, 0.05) is 16.6 Å². The van der Waals surface area contributed by atoms with Gasteiger partial charge in [-0.2, -0.15) is 0 Å². The lowest BCUT2D eigenvalue weighted by molar-refractivity contribution is -0.900. The maximum Gasteiger partial charge on any atom is 0.219 e. The third-order valence-electron chi connectivity index (χ3n) is 5.42. The molecule has 25 heavy (non-hydrogen) atoms. The monoisotopic (exact) mass is 345 g/mol. The van der Waals surface area contributed by atoms with Crippen LogP contribution < -0.4 is 9.64 Å². The minimum atomic E-state index is -0.378. The number of aromatic amines is 1. The van der Waals surface area contributed by atoms with Gasteiger partial charge < -0.3 is 24.1 Å². The molecule has 1 aromatic heterocycles. The SMILES string of the molecule is COc1ccc2[nH]c(C)c(C(=O)C[NH+]3CCC4(CC3)OCCO4)c2c1. The van der Waals surface area contributed by atoms with E-state index in [1.165, 1.54) is 4.90 Å². The minimum Gasteiger partial charge on any atom is -0.497 e. The van der Waals surface area contributed by atoms with E-state index in [0.717, 1.165) is 53.8 Å². The van der Waals surface area contributed by atoms with Crippen molar-refractivity contribution in [3.63, 3.8) is 0 Å². The number of aryl methyl sites for hydroxylation is 1. The smallest absolute Gasteiger partial charge is 0.219 e. The average Bonchev–Trinajstić information content (AvgIpc) is 3.20. The number of nitrogens with one attached hydrogen (secondary N) is 2. The second-order valence-corrected chi connectivity index (χ2v) is 6.99. The van der Waals surface area contributed by atoms with E-state index in [1.807, 2.05) is 25.1 Å². The number of carbonyl (C=O) groups is 1. The minimum absolute atomic E-state index is 0.177. The van der Waals surface area contributed by atoms with Gasteiger partial charge in [-0.05, 0) is 25.1 Å². The number of likely N-dealkylation sites (tertiary alicyclic amines) is 1. The van der Waals surface area contributed by atoms with Gasteiger partial charge >= 0.3 is 0 Å². The Bertz CT molecular complexity index is 782. The molecule has 2 N–H and O–H groups in total. The number of piperidine rings is 1. The predicted molar refractivity (Wildman–Crippen MR) is 93.4 cm³/mol. The number of rotatable bonds is 4. The van der Waals surface area contributed by atoms with Crippen LogP contribution in [0.3, 0.4) is 0 Å².